The van der Waals surface area contributed by atoms with Gasteiger partial charge in [-0.25, -0.2) is 0 Å². The van der Waals surface area contributed by atoms with Crippen LogP contribution in [0.5, 0.6) is 0 Å². The van der Waals surface area contributed by atoms with Crippen molar-refractivity contribution >= 4 is 35.4 Å². The summed E-state index contributed by atoms with van der Waals surface area (Å²) in [7, 11) is 0. The minimum atomic E-state index is 0.0451. The van der Waals surface area contributed by atoms with Crippen molar-refractivity contribution in [3.05, 3.63) is 29.8 Å². The molecule has 2 rings (SSSR count). The number of carbonyl (C=O) groups excluding carboxylic acids is 1. The van der Waals surface area contributed by atoms with Crippen molar-refractivity contribution in [3.8, 4) is 0 Å². The van der Waals surface area contributed by atoms with Crippen LogP contribution in [-0.4, -0.2) is 48.7 Å². The van der Waals surface area contributed by atoms with Crippen molar-refractivity contribution in [2.45, 2.75) is 0 Å². The summed E-state index contributed by atoms with van der Waals surface area (Å²) in [5, 5.41) is 1.45. The van der Waals surface area contributed by atoms with Crippen molar-refractivity contribution in [1.82, 2.24) is 4.90 Å². The molecule has 5 heteroatoms. The zero-order valence-corrected chi connectivity index (χ0v) is 10.7. The topological polar surface area (TPSA) is 41.9 Å². The molecule has 1 aliphatic heterocycles. The Labute approximate surface area is 111 Å². The molecular formula is C13H14N2O2S. The molecule has 1 heterocycles. The molecule has 0 atom stereocenters. The first kappa shape index (κ1) is 12.9. The molecule has 4 nitrogen and oxygen atoms in total. The molecule has 0 radical (unpaired) electrons. The lowest BCUT2D eigenvalue weighted by molar-refractivity contribution is 0.0303. The van der Waals surface area contributed by atoms with E-state index in [4.69, 9.17) is 4.74 Å². The number of amides is 1. The van der Waals surface area contributed by atoms with E-state index in [-0.39, 0.29) is 5.91 Å². The summed E-state index contributed by atoms with van der Waals surface area (Å²) >= 11 is 4.66. The van der Waals surface area contributed by atoms with Gasteiger partial charge < -0.3 is 9.64 Å². The number of hydrogen-bond donors (Lipinski definition) is 0. The summed E-state index contributed by atoms with van der Waals surface area (Å²) < 4.78 is 5.22. The summed E-state index contributed by atoms with van der Waals surface area (Å²) in [5.74, 6) is 0.0451. The zero-order chi connectivity index (χ0) is 12.8. The Morgan fingerprint density at radius 1 is 1.28 bits per heavy atom. The van der Waals surface area contributed by atoms with Crippen LogP contribution in [0.15, 0.2) is 29.3 Å². The van der Waals surface area contributed by atoms with Crippen molar-refractivity contribution in [2.75, 3.05) is 26.3 Å². The van der Waals surface area contributed by atoms with Gasteiger partial charge in [-0.15, -0.1) is 0 Å². The summed E-state index contributed by atoms with van der Waals surface area (Å²) in [4.78, 5) is 18.0. The maximum Gasteiger partial charge on any atom is 0.254 e. The first-order valence-corrected chi connectivity index (χ1v) is 6.23. The van der Waals surface area contributed by atoms with Gasteiger partial charge in [-0.1, -0.05) is 12.2 Å². The van der Waals surface area contributed by atoms with Crippen LogP contribution in [0.1, 0.15) is 10.4 Å². The number of thiocarbonyl (C=S) groups is 1. The fraction of sp³-hybridized carbons (Fsp3) is 0.308. The van der Waals surface area contributed by atoms with E-state index >= 15 is 0 Å². The van der Waals surface area contributed by atoms with E-state index < -0.39 is 0 Å². The summed E-state index contributed by atoms with van der Waals surface area (Å²) in [6, 6.07) is 7.19. The highest BCUT2D eigenvalue weighted by Gasteiger charge is 2.17. The predicted molar refractivity (Wildman–Crippen MR) is 75.0 cm³/mol. The van der Waals surface area contributed by atoms with Gasteiger partial charge >= 0.3 is 0 Å². The third-order valence-electron chi connectivity index (χ3n) is 2.70. The molecule has 0 aromatic heterocycles. The second kappa shape index (κ2) is 6.37. The van der Waals surface area contributed by atoms with Crippen LogP contribution in [-0.2, 0) is 4.74 Å². The van der Waals surface area contributed by atoms with E-state index in [2.05, 4.69) is 17.2 Å². The monoisotopic (exact) mass is 262 g/mol. The first-order chi connectivity index (χ1) is 8.81. The van der Waals surface area contributed by atoms with Crippen LogP contribution >= 0.6 is 12.2 Å². The largest absolute Gasteiger partial charge is 0.378 e. The number of rotatable bonds is 3. The van der Waals surface area contributed by atoms with Gasteiger partial charge in [0.05, 0.1) is 18.9 Å². The van der Waals surface area contributed by atoms with E-state index in [0.29, 0.717) is 31.9 Å². The Kier molecular flexibility index (Phi) is 4.55. The van der Waals surface area contributed by atoms with Gasteiger partial charge in [0.1, 0.15) is 0 Å². The molecule has 94 valence electrons. The lowest BCUT2D eigenvalue weighted by Crippen LogP contribution is -2.40. The van der Waals surface area contributed by atoms with Crippen LogP contribution in [0.25, 0.3) is 0 Å². The molecule has 0 bridgehead atoms. The Bertz CT molecular complexity index is 451. The highest BCUT2D eigenvalue weighted by atomic mass is 32.1. The molecule has 1 fully saturated rings. The molecule has 1 saturated heterocycles. The molecule has 0 aliphatic carbocycles. The first-order valence-electron chi connectivity index (χ1n) is 5.76. The summed E-state index contributed by atoms with van der Waals surface area (Å²) in [6.45, 7) is 2.54. The molecule has 0 N–H and O–H groups in total. The van der Waals surface area contributed by atoms with Gasteiger partial charge in [0.2, 0.25) is 0 Å². The molecule has 1 aromatic rings. The average Bonchev–Trinajstić information content (AvgIpc) is 2.46. The third kappa shape index (κ3) is 3.21. The van der Waals surface area contributed by atoms with E-state index in [1.807, 2.05) is 12.1 Å². The smallest absolute Gasteiger partial charge is 0.254 e. The van der Waals surface area contributed by atoms with Gasteiger partial charge in [0.25, 0.3) is 5.91 Å². The number of aliphatic imine (C=N–C) groups is 1. The van der Waals surface area contributed by atoms with Crippen LogP contribution in [0.4, 0.5) is 5.69 Å². The van der Waals surface area contributed by atoms with Gasteiger partial charge in [-0.3, -0.25) is 9.79 Å². The van der Waals surface area contributed by atoms with Gasteiger partial charge in [-0.2, -0.15) is 0 Å². The number of carbonyl (C=O) groups is 1. The van der Waals surface area contributed by atoms with Crippen LogP contribution < -0.4 is 0 Å². The zero-order valence-electron chi connectivity index (χ0n) is 9.91. The minimum Gasteiger partial charge on any atom is -0.378 e. The Morgan fingerprint density at radius 3 is 2.56 bits per heavy atom. The molecule has 1 amide bonds. The number of nitrogens with zero attached hydrogens (tertiary/aromatic N) is 2. The minimum absolute atomic E-state index is 0.0451. The highest BCUT2D eigenvalue weighted by Crippen LogP contribution is 2.14. The molecular weight excluding hydrogens is 248 g/mol. The fourth-order valence-electron chi connectivity index (χ4n) is 1.76. The van der Waals surface area contributed by atoms with E-state index in [0.717, 1.165) is 5.69 Å². The Morgan fingerprint density at radius 2 is 1.94 bits per heavy atom. The molecule has 1 aliphatic rings. The molecule has 0 spiro atoms. The van der Waals surface area contributed by atoms with E-state index in [1.165, 1.54) is 5.37 Å². The lowest BCUT2D eigenvalue weighted by atomic mass is 10.1. The van der Waals surface area contributed by atoms with Crippen LogP contribution in [0, 0.1) is 0 Å². The maximum absolute atomic E-state index is 12.1. The van der Waals surface area contributed by atoms with Gasteiger partial charge in [0.15, 0.2) is 0 Å². The Balaban J connectivity index is 2.06. The Hall–Kier alpha value is -1.59. The number of benzene rings is 1. The second-order valence-electron chi connectivity index (χ2n) is 3.87. The second-order valence-corrected chi connectivity index (χ2v) is 4.14. The maximum atomic E-state index is 12.1. The van der Waals surface area contributed by atoms with Gasteiger partial charge in [-0.05, 0) is 24.3 Å². The SMILES string of the molecule is O=C(c1ccc(N=CC=S)cc1)N1CCOCC1. The third-order valence-corrected chi connectivity index (χ3v) is 2.82. The van der Waals surface area contributed by atoms with Crippen molar-refractivity contribution in [2.24, 2.45) is 4.99 Å². The van der Waals surface area contributed by atoms with Crippen LogP contribution in [0.3, 0.4) is 0 Å². The molecule has 18 heavy (non-hydrogen) atoms. The normalized spacial score (nSPS) is 15.9. The van der Waals surface area contributed by atoms with Gasteiger partial charge in [0, 0.05) is 30.2 Å². The standard InChI is InChI=1S/C13H14N2O2S/c16-13(15-6-8-17-9-7-15)11-1-3-12(4-2-11)14-5-10-18/h1-5,10H,6-9H2. The molecule has 1 aromatic carbocycles. The average molecular weight is 262 g/mol. The predicted octanol–water partition coefficient (Wildman–Crippen LogP) is 1.86. The van der Waals surface area contributed by atoms with Crippen molar-refractivity contribution in [1.29, 1.82) is 0 Å². The van der Waals surface area contributed by atoms with E-state index in [9.17, 15) is 4.79 Å². The van der Waals surface area contributed by atoms with E-state index in [1.54, 1.807) is 23.2 Å². The fourth-order valence-corrected chi connectivity index (χ4v) is 1.82. The summed E-state index contributed by atoms with van der Waals surface area (Å²) in [5.41, 5.74) is 1.47. The number of hydrogen-bond acceptors (Lipinski definition) is 4. The lowest BCUT2D eigenvalue weighted by Gasteiger charge is -2.26. The highest BCUT2D eigenvalue weighted by molar-refractivity contribution is 7.80. The number of morpholine rings is 1. The van der Waals surface area contributed by atoms with Crippen LogP contribution in [0.2, 0.25) is 0 Å². The quantitative estimate of drug-likeness (QED) is 0.617. The summed E-state index contributed by atoms with van der Waals surface area (Å²) in [6.07, 6.45) is 1.55. The van der Waals surface area contributed by atoms with Crippen molar-refractivity contribution < 1.29 is 9.53 Å². The molecule has 0 saturated carbocycles. The molecule has 0 unspecified atom stereocenters. The number of ether oxygens (including phenoxy) is 1. The van der Waals surface area contributed by atoms with Crippen molar-refractivity contribution in [3.63, 3.8) is 0 Å².